The van der Waals surface area contributed by atoms with Crippen molar-refractivity contribution in [3.05, 3.63) is 27.7 Å². The molecule has 0 spiro atoms. The molecular weight excluding hydrogens is 268 g/mol. The summed E-state index contributed by atoms with van der Waals surface area (Å²) in [4.78, 5) is 12.0. The third-order valence-electron chi connectivity index (χ3n) is 2.53. The van der Waals surface area contributed by atoms with Crippen LogP contribution in [0.15, 0.2) is 10.9 Å². The van der Waals surface area contributed by atoms with E-state index >= 15 is 0 Å². The Labute approximate surface area is 105 Å². The minimum Gasteiger partial charge on any atom is -0.267 e. The quantitative estimate of drug-likeness (QED) is 0.780. The summed E-state index contributed by atoms with van der Waals surface area (Å²) < 4.78 is 1.61. The van der Waals surface area contributed by atoms with Crippen LogP contribution in [0, 0.1) is 0 Å². The van der Waals surface area contributed by atoms with Gasteiger partial charge in [0.1, 0.15) is 0 Å². The first kappa shape index (κ1) is 13.4. The molecule has 0 fully saturated rings. The number of hydrogen-bond donors (Lipinski definition) is 0. The molecule has 0 radical (unpaired) electrons. The van der Waals surface area contributed by atoms with E-state index in [0.717, 1.165) is 30.6 Å². The molecule has 0 aliphatic rings. The molecule has 0 aromatic carbocycles. The molecule has 0 N–H and O–H groups in total. The first-order valence-corrected chi connectivity index (χ1v) is 6.89. The number of halogens is 1. The van der Waals surface area contributed by atoms with Gasteiger partial charge in [0.15, 0.2) is 0 Å². The number of alkyl halides is 1. The average Bonchev–Trinajstić information content (AvgIpc) is 2.27. The van der Waals surface area contributed by atoms with Crippen LogP contribution in [0.1, 0.15) is 50.8 Å². The predicted molar refractivity (Wildman–Crippen MR) is 70.1 cm³/mol. The normalized spacial score (nSPS) is 11.1. The first-order valence-electron chi connectivity index (χ1n) is 5.77. The van der Waals surface area contributed by atoms with Crippen molar-refractivity contribution in [3.8, 4) is 0 Å². The number of nitrogens with zero attached hydrogens (tertiary/aromatic N) is 2. The third-order valence-corrected chi connectivity index (χ3v) is 3.13. The van der Waals surface area contributed by atoms with Crippen molar-refractivity contribution >= 4 is 15.9 Å². The minimum atomic E-state index is 0.0368. The van der Waals surface area contributed by atoms with E-state index in [9.17, 15) is 4.79 Å². The Morgan fingerprint density at radius 3 is 2.69 bits per heavy atom. The Bertz CT molecular complexity index is 398. The second-order valence-corrected chi connectivity index (χ2v) is 4.83. The second kappa shape index (κ2) is 6.18. The molecule has 0 unspecified atom stereocenters. The summed E-state index contributed by atoms with van der Waals surface area (Å²) in [5.74, 6) is 0.353. The van der Waals surface area contributed by atoms with Crippen molar-refractivity contribution in [3.63, 3.8) is 0 Å². The van der Waals surface area contributed by atoms with E-state index in [0.29, 0.717) is 11.2 Å². The summed E-state index contributed by atoms with van der Waals surface area (Å²) in [6.45, 7) is 7.02. The van der Waals surface area contributed by atoms with E-state index in [2.05, 4.69) is 41.8 Å². The van der Waals surface area contributed by atoms with Gasteiger partial charge in [-0.15, -0.1) is 0 Å². The molecule has 4 heteroatoms. The molecule has 0 saturated carbocycles. The standard InChI is InChI=1S/C12H19BrN2O/c1-4-5-6-15-12(16)10(8-13)7-11(14-15)9(2)3/h7,9H,4-6,8H2,1-3H3. The molecule has 0 bridgehead atoms. The molecule has 16 heavy (non-hydrogen) atoms. The van der Waals surface area contributed by atoms with Crippen LogP contribution in [0.3, 0.4) is 0 Å². The van der Waals surface area contributed by atoms with Crippen molar-refractivity contribution in [1.29, 1.82) is 0 Å². The summed E-state index contributed by atoms with van der Waals surface area (Å²) in [7, 11) is 0. The van der Waals surface area contributed by atoms with E-state index in [1.807, 2.05) is 6.07 Å². The lowest BCUT2D eigenvalue weighted by molar-refractivity contribution is 0.523. The number of aromatic nitrogens is 2. The highest BCUT2D eigenvalue weighted by molar-refractivity contribution is 9.08. The van der Waals surface area contributed by atoms with Gasteiger partial charge in [-0.1, -0.05) is 43.1 Å². The summed E-state index contributed by atoms with van der Waals surface area (Å²) >= 11 is 3.35. The molecule has 0 amide bonds. The van der Waals surface area contributed by atoms with Crippen LogP contribution in [0.25, 0.3) is 0 Å². The van der Waals surface area contributed by atoms with E-state index in [1.54, 1.807) is 4.68 Å². The van der Waals surface area contributed by atoms with Gasteiger partial charge in [0.2, 0.25) is 0 Å². The molecule has 0 atom stereocenters. The molecule has 1 aromatic rings. The van der Waals surface area contributed by atoms with Crippen LogP contribution in [-0.2, 0) is 11.9 Å². The molecule has 0 aliphatic carbocycles. The average molecular weight is 287 g/mol. The van der Waals surface area contributed by atoms with Crippen LogP contribution in [-0.4, -0.2) is 9.78 Å². The highest BCUT2D eigenvalue weighted by atomic mass is 79.9. The highest BCUT2D eigenvalue weighted by Gasteiger charge is 2.09. The van der Waals surface area contributed by atoms with E-state index < -0.39 is 0 Å². The fourth-order valence-electron chi connectivity index (χ4n) is 1.46. The van der Waals surface area contributed by atoms with Crippen molar-refractivity contribution < 1.29 is 0 Å². The maximum Gasteiger partial charge on any atom is 0.270 e. The Morgan fingerprint density at radius 1 is 1.50 bits per heavy atom. The molecular formula is C12H19BrN2O. The molecule has 3 nitrogen and oxygen atoms in total. The smallest absolute Gasteiger partial charge is 0.267 e. The zero-order chi connectivity index (χ0) is 12.1. The van der Waals surface area contributed by atoms with Crippen LogP contribution in [0.4, 0.5) is 0 Å². The molecule has 1 heterocycles. The predicted octanol–water partition coefficient (Wildman–Crippen LogP) is 3.06. The number of rotatable bonds is 5. The second-order valence-electron chi connectivity index (χ2n) is 4.26. The zero-order valence-electron chi connectivity index (χ0n) is 10.2. The molecule has 90 valence electrons. The van der Waals surface area contributed by atoms with E-state index in [1.165, 1.54) is 0 Å². The lowest BCUT2D eigenvalue weighted by atomic mass is 10.1. The van der Waals surface area contributed by atoms with Gasteiger partial charge in [-0.25, -0.2) is 4.68 Å². The van der Waals surface area contributed by atoms with Gasteiger partial charge in [-0.3, -0.25) is 4.79 Å². The number of aryl methyl sites for hydroxylation is 1. The maximum atomic E-state index is 12.0. The summed E-state index contributed by atoms with van der Waals surface area (Å²) in [5.41, 5.74) is 1.83. The Morgan fingerprint density at radius 2 is 2.19 bits per heavy atom. The Balaban J connectivity index is 3.14. The van der Waals surface area contributed by atoms with E-state index in [-0.39, 0.29) is 5.56 Å². The maximum absolute atomic E-state index is 12.0. The van der Waals surface area contributed by atoms with Crippen molar-refractivity contribution in [2.45, 2.75) is 51.4 Å². The molecule has 0 aliphatic heterocycles. The monoisotopic (exact) mass is 286 g/mol. The lowest BCUT2D eigenvalue weighted by Gasteiger charge is -2.11. The van der Waals surface area contributed by atoms with E-state index in [4.69, 9.17) is 0 Å². The van der Waals surface area contributed by atoms with Gasteiger partial charge in [0.05, 0.1) is 5.69 Å². The van der Waals surface area contributed by atoms with Crippen LogP contribution < -0.4 is 5.56 Å². The third kappa shape index (κ3) is 3.17. The summed E-state index contributed by atoms with van der Waals surface area (Å²) in [6, 6.07) is 1.91. The first-order chi connectivity index (χ1) is 7.60. The number of unbranched alkanes of at least 4 members (excludes halogenated alkanes) is 1. The van der Waals surface area contributed by atoms with Crippen LogP contribution >= 0.6 is 15.9 Å². The largest absolute Gasteiger partial charge is 0.270 e. The van der Waals surface area contributed by atoms with Gasteiger partial charge in [-0.2, -0.15) is 5.10 Å². The fraction of sp³-hybridized carbons (Fsp3) is 0.667. The molecule has 0 saturated heterocycles. The van der Waals surface area contributed by atoms with Gasteiger partial charge in [-0.05, 0) is 18.4 Å². The topological polar surface area (TPSA) is 34.9 Å². The van der Waals surface area contributed by atoms with Crippen molar-refractivity contribution in [2.24, 2.45) is 0 Å². The van der Waals surface area contributed by atoms with Gasteiger partial charge in [0.25, 0.3) is 5.56 Å². The summed E-state index contributed by atoms with van der Waals surface area (Å²) in [6.07, 6.45) is 2.07. The minimum absolute atomic E-state index is 0.0368. The van der Waals surface area contributed by atoms with Gasteiger partial charge in [0, 0.05) is 17.4 Å². The van der Waals surface area contributed by atoms with Crippen molar-refractivity contribution in [2.75, 3.05) is 0 Å². The highest BCUT2D eigenvalue weighted by Crippen LogP contribution is 2.12. The van der Waals surface area contributed by atoms with Crippen LogP contribution in [0.5, 0.6) is 0 Å². The Hall–Kier alpha value is -0.640. The fourth-order valence-corrected chi connectivity index (χ4v) is 1.86. The van der Waals surface area contributed by atoms with Crippen molar-refractivity contribution in [1.82, 2.24) is 9.78 Å². The lowest BCUT2D eigenvalue weighted by Crippen LogP contribution is -2.27. The van der Waals surface area contributed by atoms with Crippen LogP contribution in [0.2, 0.25) is 0 Å². The van der Waals surface area contributed by atoms with Gasteiger partial charge < -0.3 is 0 Å². The Kier molecular flexibility index (Phi) is 5.19. The number of hydrogen-bond acceptors (Lipinski definition) is 2. The molecule has 1 aromatic heterocycles. The zero-order valence-corrected chi connectivity index (χ0v) is 11.7. The molecule has 1 rings (SSSR count). The SMILES string of the molecule is CCCCn1nc(C(C)C)cc(CBr)c1=O. The summed E-state index contributed by atoms with van der Waals surface area (Å²) in [5, 5.41) is 5.00. The van der Waals surface area contributed by atoms with Gasteiger partial charge >= 0.3 is 0 Å².